The molecule has 0 aliphatic rings. The van der Waals surface area contributed by atoms with E-state index in [1.807, 2.05) is 0 Å². The van der Waals surface area contributed by atoms with Crippen LogP contribution in [0.25, 0.3) is 11.3 Å². The molecular formula is C11H9N3O4. The number of aliphatic carboxylic acids is 1. The smallest absolute Gasteiger partial charge is 0.358 e. The van der Waals surface area contributed by atoms with Gasteiger partial charge in [0, 0.05) is 5.56 Å². The van der Waals surface area contributed by atoms with Crippen molar-refractivity contribution in [1.29, 1.82) is 0 Å². The van der Waals surface area contributed by atoms with Gasteiger partial charge in [0.2, 0.25) is 0 Å². The van der Waals surface area contributed by atoms with Gasteiger partial charge in [-0.25, -0.2) is 9.48 Å². The zero-order chi connectivity index (χ0) is 13.1. The molecule has 1 heterocycles. The van der Waals surface area contributed by atoms with E-state index in [9.17, 15) is 9.59 Å². The van der Waals surface area contributed by atoms with E-state index in [0.29, 0.717) is 5.56 Å². The van der Waals surface area contributed by atoms with Crippen LogP contribution in [0.1, 0.15) is 10.5 Å². The van der Waals surface area contributed by atoms with Gasteiger partial charge in [-0.05, 0) is 0 Å². The van der Waals surface area contributed by atoms with E-state index < -0.39 is 18.5 Å². The zero-order valence-corrected chi connectivity index (χ0v) is 9.15. The topological polar surface area (TPSA) is 105 Å². The van der Waals surface area contributed by atoms with E-state index >= 15 is 0 Å². The molecule has 7 nitrogen and oxygen atoms in total. The van der Waals surface area contributed by atoms with Gasteiger partial charge < -0.3 is 10.2 Å². The predicted octanol–water partition coefficient (Wildman–Crippen LogP) is 0.728. The maximum atomic E-state index is 11.0. The second kappa shape index (κ2) is 4.66. The summed E-state index contributed by atoms with van der Waals surface area (Å²) in [5, 5.41) is 24.8. The SMILES string of the molecule is O=C(O)Cn1nnc(C(=O)O)c1-c1ccccc1. The van der Waals surface area contributed by atoms with Crippen LogP contribution >= 0.6 is 0 Å². The highest BCUT2D eigenvalue weighted by atomic mass is 16.4. The van der Waals surface area contributed by atoms with Gasteiger partial charge in [0.1, 0.15) is 12.2 Å². The fourth-order valence-electron chi connectivity index (χ4n) is 1.58. The minimum Gasteiger partial charge on any atom is -0.480 e. The number of nitrogens with zero attached hydrogens (tertiary/aromatic N) is 3. The number of rotatable bonds is 4. The minimum absolute atomic E-state index is 0.186. The number of carboxylic acid groups (broad SMARTS) is 2. The molecule has 18 heavy (non-hydrogen) atoms. The third-order valence-electron chi connectivity index (χ3n) is 2.27. The molecule has 2 N–H and O–H groups in total. The summed E-state index contributed by atoms with van der Waals surface area (Å²) in [6.45, 7) is -0.440. The first kappa shape index (κ1) is 11.8. The Bertz CT molecular complexity index is 592. The fraction of sp³-hybridized carbons (Fsp3) is 0.0909. The molecule has 0 saturated heterocycles. The average Bonchev–Trinajstić information content (AvgIpc) is 2.73. The van der Waals surface area contributed by atoms with Gasteiger partial charge in [-0.3, -0.25) is 4.79 Å². The molecule has 0 bridgehead atoms. The van der Waals surface area contributed by atoms with Crippen molar-refractivity contribution in [3.8, 4) is 11.3 Å². The van der Waals surface area contributed by atoms with Gasteiger partial charge in [0.15, 0.2) is 5.69 Å². The van der Waals surface area contributed by atoms with Gasteiger partial charge >= 0.3 is 11.9 Å². The molecule has 0 aliphatic carbocycles. The fourth-order valence-corrected chi connectivity index (χ4v) is 1.58. The van der Waals surface area contributed by atoms with Crippen molar-refractivity contribution in [2.75, 3.05) is 0 Å². The molecule has 2 rings (SSSR count). The third kappa shape index (κ3) is 2.19. The summed E-state index contributed by atoms with van der Waals surface area (Å²) >= 11 is 0. The Morgan fingerprint density at radius 2 is 1.83 bits per heavy atom. The molecule has 1 aromatic heterocycles. The monoisotopic (exact) mass is 247 g/mol. The van der Waals surface area contributed by atoms with E-state index in [0.717, 1.165) is 4.68 Å². The van der Waals surface area contributed by atoms with Gasteiger partial charge in [0.25, 0.3) is 0 Å². The van der Waals surface area contributed by atoms with E-state index in [1.54, 1.807) is 30.3 Å². The first-order valence-electron chi connectivity index (χ1n) is 5.03. The number of carboxylic acids is 2. The molecule has 1 aromatic carbocycles. The molecule has 92 valence electrons. The number of aromatic nitrogens is 3. The molecule has 0 aliphatic heterocycles. The van der Waals surface area contributed by atoms with Crippen molar-refractivity contribution in [3.05, 3.63) is 36.0 Å². The standard InChI is InChI=1S/C11H9N3O4/c15-8(16)6-14-10(7-4-2-1-3-5-7)9(11(17)18)12-13-14/h1-5H,6H2,(H,15,16)(H,17,18). The number of benzene rings is 1. The molecule has 0 unspecified atom stereocenters. The highest BCUT2D eigenvalue weighted by Crippen LogP contribution is 2.21. The first-order chi connectivity index (χ1) is 8.59. The number of carbonyl (C=O) groups is 2. The summed E-state index contributed by atoms with van der Waals surface area (Å²) < 4.78 is 1.06. The first-order valence-corrected chi connectivity index (χ1v) is 5.03. The van der Waals surface area contributed by atoms with Gasteiger partial charge in [0.05, 0.1) is 0 Å². The van der Waals surface area contributed by atoms with E-state index in [1.165, 1.54) is 0 Å². The summed E-state index contributed by atoms with van der Waals surface area (Å²) in [5.74, 6) is -2.36. The minimum atomic E-state index is -1.24. The molecule has 0 radical (unpaired) electrons. The zero-order valence-electron chi connectivity index (χ0n) is 9.15. The van der Waals surface area contributed by atoms with E-state index in [-0.39, 0.29) is 11.4 Å². The second-order valence-corrected chi connectivity index (χ2v) is 3.51. The van der Waals surface area contributed by atoms with Crippen LogP contribution in [0.5, 0.6) is 0 Å². The van der Waals surface area contributed by atoms with Crippen molar-refractivity contribution in [2.24, 2.45) is 0 Å². The Hall–Kier alpha value is -2.70. The highest BCUT2D eigenvalue weighted by Gasteiger charge is 2.21. The highest BCUT2D eigenvalue weighted by molar-refractivity contribution is 5.92. The summed E-state index contributed by atoms with van der Waals surface area (Å²) in [5.41, 5.74) is 0.481. The van der Waals surface area contributed by atoms with Crippen LogP contribution in [0.15, 0.2) is 30.3 Å². The van der Waals surface area contributed by atoms with Gasteiger partial charge in [-0.2, -0.15) is 0 Å². The van der Waals surface area contributed by atoms with Crippen molar-refractivity contribution in [3.63, 3.8) is 0 Å². The number of hydrogen-bond donors (Lipinski definition) is 2. The maximum absolute atomic E-state index is 11.0. The second-order valence-electron chi connectivity index (χ2n) is 3.51. The van der Waals surface area contributed by atoms with E-state index in [2.05, 4.69) is 10.3 Å². The molecule has 2 aromatic rings. The van der Waals surface area contributed by atoms with Crippen LogP contribution in [-0.4, -0.2) is 37.1 Å². The van der Waals surface area contributed by atoms with Crippen molar-refractivity contribution >= 4 is 11.9 Å². The predicted molar refractivity (Wildman–Crippen MR) is 60.1 cm³/mol. The van der Waals surface area contributed by atoms with Crippen LogP contribution < -0.4 is 0 Å². The Balaban J connectivity index is 2.57. The maximum Gasteiger partial charge on any atom is 0.358 e. The molecule has 0 fully saturated rings. The Morgan fingerprint density at radius 1 is 1.17 bits per heavy atom. The molecule has 0 saturated carbocycles. The lowest BCUT2D eigenvalue weighted by Crippen LogP contribution is -2.12. The van der Waals surface area contributed by atoms with Crippen LogP contribution in [0.4, 0.5) is 0 Å². The Morgan fingerprint density at radius 3 is 2.39 bits per heavy atom. The van der Waals surface area contributed by atoms with Crippen molar-refractivity contribution in [2.45, 2.75) is 6.54 Å². The third-order valence-corrected chi connectivity index (χ3v) is 2.27. The largest absolute Gasteiger partial charge is 0.480 e. The van der Waals surface area contributed by atoms with Crippen LogP contribution in [-0.2, 0) is 11.3 Å². The quantitative estimate of drug-likeness (QED) is 0.824. The Labute approximate surface area is 101 Å². The van der Waals surface area contributed by atoms with Crippen LogP contribution in [0.3, 0.4) is 0 Å². The summed E-state index contributed by atoms with van der Waals surface area (Å²) in [4.78, 5) is 21.7. The summed E-state index contributed by atoms with van der Waals surface area (Å²) in [6.07, 6.45) is 0. The van der Waals surface area contributed by atoms with Gasteiger partial charge in [-0.15, -0.1) is 5.10 Å². The van der Waals surface area contributed by atoms with Gasteiger partial charge in [-0.1, -0.05) is 35.5 Å². The molecule has 0 amide bonds. The lowest BCUT2D eigenvalue weighted by molar-refractivity contribution is -0.137. The summed E-state index contributed by atoms with van der Waals surface area (Å²) in [6, 6.07) is 8.56. The van der Waals surface area contributed by atoms with Crippen LogP contribution in [0.2, 0.25) is 0 Å². The van der Waals surface area contributed by atoms with Crippen LogP contribution in [0, 0.1) is 0 Å². The Kier molecular flexibility index (Phi) is 3.05. The molecule has 0 atom stereocenters. The van der Waals surface area contributed by atoms with Crippen molar-refractivity contribution in [1.82, 2.24) is 15.0 Å². The molecular weight excluding hydrogens is 238 g/mol. The average molecular weight is 247 g/mol. The van der Waals surface area contributed by atoms with Crippen molar-refractivity contribution < 1.29 is 19.8 Å². The number of hydrogen-bond acceptors (Lipinski definition) is 4. The molecule has 7 heteroatoms. The number of aromatic carboxylic acids is 1. The lowest BCUT2D eigenvalue weighted by Gasteiger charge is -2.04. The molecule has 0 spiro atoms. The normalized spacial score (nSPS) is 10.2. The summed E-state index contributed by atoms with van der Waals surface area (Å²) in [7, 11) is 0. The lowest BCUT2D eigenvalue weighted by atomic mass is 10.1. The van der Waals surface area contributed by atoms with E-state index in [4.69, 9.17) is 10.2 Å².